The zero-order valence-electron chi connectivity index (χ0n) is 18.1. The van der Waals surface area contributed by atoms with Gasteiger partial charge in [0.25, 0.3) is 0 Å². The molecule has 0 saturated carbocycles. The van der Waals surface area contributed by atoms with Crippen LogP contribution in [-0.4, -0.2) is 35.9 Å². The molecule has 5 rings (SSSR count). The summed E-state index contributed by atoms with van der Waals surface area (Å²) in [5.41, 5.74) is 3.80. The monoisotopic (exact) mass is 491 g/mol. The quantitative estimate of drug-likeness (QED) is 0.200. The first kappa shape index (κ1) is 21.8. The van der Waals surface area contributed by atoms with Crippen LogP contribution in [-0.2, 0) is 6.54 Å². The van der Waals surface area contributed by atoms with Crippen LogP contribution < -0.4 is 0 Å². The Labute approximate surface area is 204 Å². The third kappa shape index (κ3) is 4.44. The van der Waals surface area contributed by atoms with Crippen LogP contribution in [0.15, 0.2) is 70.6 Å². The van der Waals surface area contributed by atoms with Gasteiger partial charge in [-0.25, -0.2) is 4.98 Å². The summed E-state index contributed by atoms with van der Waals surface area (Å²) >= 11 is 4.62. The number of hydrogen-bond acceptors (Lipinski definition) is 7. The first-order valence-corrected chi connectivity index (χ1v) is 13.1. The maximum absolute atomic E-state index is 13.2. The van der Waals surface area contributed by atoms with Crippen LogP contribution in [0, 0.1) is 13.8 Å². The first-order valence-electron chi connectivity index (χ1n) is 10.4. The molecule has 0 saturated heterocycles. The van der Waals surface area contributed by atoms with E-state index in [-0.39, 0.29) is 5.78 Å². The summed E-state index contributed by atoms with van der Waals surface area (Å²) in [5.74, 6) is 1.19. The molecular formula is C24H21N5OS3. The maximum Gasteiger partial charge on any atom is 0.193 e. The summed E-state index contributed by atoms with van der Waals surface area (Å²) in [4.78, 5) is 18.6. The van der Waals surface area contributed by atoms with Crippen molar-refractivity contribution in [3.05, 3.63) is 88.0 Å². The van der Waals surface area contributed by atoms with E-state index in [1.54, 1.807) is 28.9 Å². The van der Waals surface area contributed by atoms with Crippen molar-refractivity contribution >= 4 is 40.2 Å². The van der Waals surface area contributed by atoms with Gasteiger partial charge >= 0.3 is 0 Å². The number of thiazole rings is 1. The molecule has 4 aromatic heterocycles. The number of thiophene rings is 1. The van der Waals surface area contributed by atoms with Gasteiger partial charge in [0.05, 0.1) is 17.2 Å². The highest BCUT2D eigenvalue weighted by atomic mass is 32.2. The number of Topliss-reactive ketones (excluding diaryl/α,β-unsaturated/α-hetero) is 1. The van der Waals surface area contributed by atoms with Crippen molar-refractivity contribution in [1.82, 2.24) is 24.3 Å². The second kappa shape index (κ2) is 9.46. The molecule has 1 aromatic carbocycles. The molecule has 166 valence electrons. The van der Waals surface area contributed by atoms with E-state index in [4.69, 9.17) is 0 Å². The molecule has 0 unspecified atom stereocenters. The number of ketones is 1. The lowest BCUT2D eigenvalue weighted by Crippen LogP contribution is -2.08. The molecule has 0 spiro atoms. The second-order valence-electron chi connectivity index (χ2n) is 7.50. The van der Waals surface area contributed by atoms with Gasteiger partial charge in [-0.15, -0.1) is 32.9 Å². The number of aryl methyl sites for hydroxylation is 1. The Morgan fingerprint density at radius 2 is 1.88 bits per heavy atom. The predicted molar refractivity (Wildman–Crippen MR) is 135 cm³/mol. The third-order valence-corrected chi connectivity index (χ3v) is 7.91. The molecule has 0 aliphatic carbocycles. The van der Waals surface area contributed by atoms with Crippen molar-refractivity contribution in [3.63, 3.8) is 0 Å². The summed E-state index contributed by atoms with van der Waals surface area (Å²) in [6.45, 7) is 4.62. The van der Waals surface area contributed by atoms with E-state index >= 15 is 0 Å². The lowest BCUT2D eigenvalue weighted by molar-refractivity contribution is 0.102. The van der Waals surface area contributed by atoms with E-state index in [9.17, 15) is 4.79 Å². The minimum Gasteiger partial charge on any atom is -0.297 e. The van der Waals surface area contributed by atoms with E-state index < -0.39 is 0 Å². The minimum atomic E-state index is 0.0721. The Balaban J connectivity index is 1.40. The van der Waals surface area contributed by atoms with Crippen LogP contribution in [0.2, 0.25) is 0 Å². The van der Waals surface area contributed by atoms with Gasteiger partial charge in [0, 0.05) is 28.5 Å². The molecule has 0 aliphatic rings. The number of carbonyl (C=O) groups excluding carboxylic acids is 1. The summed E-state index contributed by atoms with van der Waals surface area (Å²) < 4.78 is 4.13. The SMILES string of the molecule is Cc1cc(C(=O)CSc2nnc(-c3cccs3)n2Cc2ccccc2)c(C)n1-c1nccs1. The van der Waals surface area contributed by atoms with Crippen molar-refractivity contribution in [3.8, 4) is 15.8 Å². The van der Waals surface area contributed by atoms with Gasteiger partial charge in [0.1, 0.15) is 0 Å². The van der Waals surface area contributed by atoms with Gasteiger partial charge in [-0.05, 0) is 36.9 Å². The van der Waals surface area contributed by atoms with Crippen LogP contribution in [0.5, 0.6) is 0 Å². The Kier molecular flexibility index (Phi) is 6.26. The van der Waals surface area contributed by atoms with Gasteiger partial charge in [-0.3, -0.25) is 13.9 Å². The van der Waals surface area contributed by atoms with Gasteiger partial charge in [-0.2, -0.15) is 0 Å². The summed E-state index contributed by atoms with van der Waals surface area (Å²) in [6.07, 6.45) is 1.78. The number of nitrogens with zero attached hydrogens (tertiary/aromatic N) is 5. The lowest BCUT2D eigenvalue weighted by Gasteiger charge is -2.09. The topological polar surface area (TPSA) is 65.6 Å². The average molecular weight is 492 g/mol. The Hall–Kier alpha value is -3.01. The average Bonchev–Trinajstić information content (AvgIpc) is 3.61. The van der Waals surface area contributed by atoms with E-state index in [1.807, 2.05) is 65.6 Å². The Bertz CT molecular complexity index is 1370. The lowest BCUT2D eigenvalue weighted by atomic mass is 10.2. The minimum absolute atomic E-state index is 0.0721. The highest BCUT2D eigenvalue weighted by Gasteiger charge is 2.21. The Morgan fingerprint density at radius 1 is 1.03 bits per heavy atom. The fraction of sp³-hybridized carbons (Fsp3) is 0.167. The predicted octanol–water partition coefficient (Wildman–Crippen LogP) is 5.89. The van der Waals surface area contributed by atoms with Crippen LogP contribution in [0.4, 0.5) is 0 Å². The van der Waals surface area contributed by atoms with Crippen molar-refractivity contribution < 1.29 is 4.79 Å². The number of aromatic nitrogens is 5. The summed E-state index contributed by atoms with van der Waals surface area (Å²) in [5, 5.41) is 14.5. The Morgan fingerprint density at radius 3 is 2.61 bits per heavy atom. The van der Waals surface area contributed by atoms with Crippen molar-refractivity contribution in [2.45, 2.75) is 25.5 Å². The smallest absolute Gasteiger partial charge is 0.193 e. The van der Waals surface area contributed by atoms with Crippen LogP contribution >= 0.6 is 34.4 Å². The second-order valence-corrected chi connectivity index (χ2v) is 10.3. The molecule has 4 heterocycles. The molecule has 0 N–H and O–H groups in total. The molecule has 0 radical (unpaired) electrons. The molecule has 5 aromatic rings. The zero-order valence-corrected chi connectivity index (χ0v) is 20.6. The van der Waals surface area contributed by atoms with Crippen LogP contribution in [0.3, 0.4) is 0 Å². The molecule has 0 bridgehead atoms. The number of rotatable bonds is 8. The highest BCUT2D eigenvalue weighted by Crippen LogP contribution is 2.29. The van der Waals surface area contributed by atoms with Gasteiger partial charge in [-0.1, -0.05) is 48.2 Å². The van der Waals surface area contributed by atoms with Crippen LogP contribution in [0.25, 0.3) is 15.8 Å². The van der Waals surface area contributed by atoms with Crippen molar-refractivity contribution in [2.24, 2.45) is 0 Å². The summed E-state index contributed by atoms with van der Waals surface area (Å²) in [6, 6.07) is 16.2. The van der Waals surface area contributed by atoms with Gasteiger partial charge in [0.15, 0.2) is 21.9 Å². The molecule has 9 heteroatoms. The highest BCUT2D eigenvalue weighted by molar-refractivity contribution is 7.99. The van der Waals surface area contributed by atoms with Gasteiger partial charge < -0.3 is 0 Å². The molecule has 0 amide bonds. The number of hydrogen-bond donors (Lipinski definition) is 0. The van der Waals surface area contributed by atoms with E-state index in [0.717, 1.165) is 43.5 Å². The first-order chi connectivity index (χ1) is 16.1. The zero-order chi connectivity index (χ0) is 22.8. The maximum atomic E-state index is 13.2. The molecule has 0 aliphatic heterocycles. The van der Waals surface area contributed by atoms with E-state index in [1.165, 1.54) is 11.8 Å². The van der Waals surface area contributed by atoms with Crippen molar-refractivity contribution in [1.29, 1.82) is 0 Å². The van der Waals surface area contributed by atoms with Gasteiger partial charge in [0.2, 0.25) is 0 Å². The molecule has 0 fully saturated rings. The largest absolute Gasteiger partial charge is 0.297 e. The van der Waals surface area contributed by atoms with E-state index in [0.29, 0.717) is 12.3 Å². The normalized spacial score (nSPS) is 11.2. The fourth-order valence-corrected chi connectivity index (χ4v) is 6.06. The third-order valence-electron chi connectivity index (χ3n) is 5.32. The number of carbonyl (C=O) groups is 1. The van der Waals surface area contributed by atoms with Crippen molar-refractivity contribution in [2.75, 3.05) is 5.75 Å². The molecule has 0 atom stereocenters. The standard InChI is InChI=1S/C24H21N5OS3/c1-16-13-19(17(2)29(16)23-25-10-12-32-23)20(30)15-33-24-27-26-22(21-9-6-11-31-21)28(24)14-18-7-4-3-5-8-18/h3-13H,14-15H2,1-2H3. The van der Waals surface area contributed by atoms with E-state index in [2.05, 4.69) is 31.9 Å². The number of benzene rings is 1. The number of thioether (sulfide) groups is 1. The summed E-state index contributed by atoms with van der Waals surface area (Å²) in [7, 11) is 0. The van der Waals surface area contributed by atoms with Crippen LogP contribution in [0.1, 0.15) is 27.3 Å². The fourth-order valence-electron chi connectivity index (χ4n) is 3.77. The molecule has 6 nitrogen and oxygen atoms in total. The molecule has 33 heavy (non-hydrogen) atoms. The molecular weight excluding hydrogens is 470 g/mol.